The van der Waals surface area contributed by atoms with Gasteiger partial charge in [-0.1, -0.05) is 18.2 Å². The first-order valence-electron chi connectivity index (χ1n) is 8.51. The number of hydrogen-bond acceptors (Lipinski definition) is 5. The van der Waals surface area contributed by atoms with Gasteiger partial charge in [-0.2, -0.15) is 4.80 Å². The van der Waals surface area contributed by atoms with Crippen LogP contribution in [0.2, 0.25) is 0 Å². The second-order valence-electron chi connectivity index (χ2n) is 6.32. The number of hydrogen-bond donors (Lipinski definition) is 2. The van der Waals surface area contributed by atoms with Crippen LogP contribution in [0.15, 0.2) is 48.5 Å². The zero-order valence-electron chi connectivity index (χ0n) is 15.3. The molecule has 3 aromatic rings. The van der Waals surface area contributed by atoms with Gasteiger partial charge in [0.25, 0.3) is 5.91 Å². The lowest BCUT2D eigenvalue weighted by Gasteiger charge is -2.08. The van der Waals surface area contributed by atoms with Gasteiger partial charge >= 0.3 is 0 Å². The van der Waals surface area contributed by atoms with Crippen molar-refractivity contribution in [1.82, 2.24) is 20.2 Å². The third kappa shape index (κ3) is 4.55. The molecule has 0 aliphatic heterocycles. The number of carbonyl (C=O) groups is 2. The Hall–Kier alpha value is -3.55. The molecule has 27 heavy (non-hydrogen) atoms. The highest BCUT2D eigenvalue weighted by Crippen LogP contribution is 2.18. The van der Waals surface area contributed by atoms with Gasteiger partial charge in [-0.05, 0) is 49.4 Å². The van der Waals surface area contributed by atoms with Crippen molar-refractivity contribution in [3.05, 3.63) is 54.1 Å². The van der Waals surface area contributed by atoms with E-state index in [9.17, 15) is 9.59 Å². The first-order chi connectivity index (χ1) is 12.9. The highest BCUT2D eigenvalue weighted by Gasteiger charge is 2.11. The molecule has 0 aliphatic rings. The molecule has 1 heterocycles. The molecule has 138 valence electrons. The van der Waals surface area contributed by atoms with Gasteiger partial charge in [0.15, 0.2) is 0 Å². The van der Waals surface area contributed by atoms with E-state index in [2.05, 4.69) is 26.0 Å². The van der Waals surface area contributed by atoms with E-state index in [1.165, 1.54) is 11.7 Å². The van der Waals surface area contributed by atoms with Crippen LogP contribution in [0.5, 0.6) is 0 Å². The van der Waals surface area contributed by atoms with Crippen LogP contribution < -0.4 is 10.6 Å². The minimum absolute atomic E-state index is 0.129. The minimum atomic E-state index is -0.250. The Morgan fingerprint density at radius 3 is 2.26 bits per heavy atom. The van der Waals surface area contributed by atoms with Crippen LogP contribution in [-0.2, 0) is 4.79 Å². The van der Waals surface area contributed by atoms with Crippen LogP contribution in [0.25, 0.3) is 11.4 Å². The predicted molar refractivity (Wildman–Crippen MR) is 102 cm³/mol. The maximum atomic E-state index is 12.4. The molecule has 2 amide bonds. The third-order valence-electron chi connectivity index (χ3n) is 3.74. The molecule has 0 atom stereocenters. The molecule has 0 unspecified atom stereocenters. The van der Waals surface area contributed by atoms with E-state index in [1.54, 1.807) is 48.5 Å². The molecule has 1 aromatic heterocycles. The van der Waals surface area contributed by atoms with Crippen LogP contribution in [0.3, 0.4) is 0 Å². The number of nitrogens with zero attached hydrogens (tertiary/aromatic N) is 4. The molecule has 8 nitrogen and oxygen atoms in total. The number of nitrogens with one attached hydrogen (secondary N) is 2. The molecule has 2 N–H and O–H groups in total. The summed E-state index contributed by atoms with van der Waals surface area (Å²) in [6.07, 6.45) is 0. The second kappa shape index (κ2) is 7.77. The third-order valence-corrected chi connectivity index (χ3v) is 3.74. The summed E-state index contributed by atoms with van der Waals surface area (Å²) in [5.41, 5.74) is 2.50. The topological polar surface area (TPSA) is 102 Å². The maximum Gasteiger partial charge on any atom is 0.255 e. The Balaban J connectivity index is 1.71. The Bertz CT molecular complexity index is 962. The summed E-state index contributed by atoms with van der Waals surface area (Å²) < 4.78 is 0. The molecule has 0 spiro atoms. The van der Waals surface area contributed by atoms with Crippen molar-refractivity contribution in [3.8, 4) is 11.4 Å². The Morgan fingerprint density at radius 1 is 1.00 bits per heavy atom. The fourth-order valence-corrected chi connectivity index (χ4v) is 2.41. The summed E-state index contributed by atoms with van der Waals surface area (Å²) in [6, 6.07) is 14.1. The molecule has 0 bridgehead atoms. The molecule has 8 heteroatoms. The Labute approximate surface area is 156 Å². The van der Waals surface area contributed by atoms with Gasteiger partial charge in [-0.25, -0.2) is 0 Å². The SMILES string of the molecule is CC(=O)Nc1cccc(NC(=O)c2ccc(-c3nnn(C(C)C)n3)cc2)c1. The first-order valence-corrected chi connectivity index (χ1v) is 8.51. The molecule has 0 fully saturated rings. The molecule has 0 aliphatic carbocycles. The number of benzene rings is 2. The van der Waals surface area contributed by atoms with Crippen molar-refractivity contribution in [2.24, 2.45) is 0 Å². The van der Waals surface area contributed by atoms with Crippen molar-refractivity contribution in [2.45, 2.75) is 26.8 Å². The van der Waals surface area contributed by atoms with Gasteiger partial charge in [-0.15, -0.1) is 10.2 Å². The fraction of sp³-hybridized carbons (Fsp3) is 0.211. The van der Waals surface area contributed by atoms with E-state index in [-0.39, 0.29) is 17.9 Å². The van der Waals surface area contributed by atoms with Crippen LogP contribution in [-0.4, -0.2) is 32.0 Å². The molecule has 0 radical (unpaired) electrons. The minimum Gasteiger partial charge on any atom is -0.326 e. The summed E-state index contributed by atoms with van der Waals surface area (Å²) in [5.74, 6) is 0.0936. The van der Waals surface area contributed by atoms with E-state index in [0.29, 0.717) is 22.8 Å². The van der Waals surface area contributed by atoms with Crippen molar-refractivity contribution < 1.29 is 9.59 Å². The van der Waals surface area contributed by atoms with Gasteiger partial charge in [0.2, 0.25) is 11.7 Å². The number of carbonyl (C=O) groups excluding carboxylic acids is 2. The number of aromatic nitrogens is 4. The predicted octanol–water partition coefficient (Wildman–Crippen LogP) is 3.13. The van der Waals surface area contributed by atoms with E-state index < -0.39 is 0 Å². The van der Waals surface area contributed by atoms with E-state index in [1.807, 2.05) is 13.8 Å². The van der Waals surface area contributed by atoms with Gasteiger partial charge in [0, 0.05) is 29.4 Å². The van der Waals surface area contributed by atoms with Crippen molar-refractivity contribution in [2.75, 3.05) is 10.6 Å². The smallest absolute Gasteiger partial charge is 0.255 e. The fourth-order valence-electron chi connectivity index (χ4n) is 2.41. The molecular formula is C19H20N6O2. The second-order valence-corrected chi connectivity index (χ2v) is 6.32. The normalized spacial score (nSPS) is 10.7. The van der Waals surface area contributed by atoms with Gasteiger partial charge in [0.05, 0.1) is 6.04 Å². The van der Waals surface area contributed by atoms with Crippen LogP contribution in [0, 0.1) is 0 Å². The first kappa shape index (κ1) is 18.2. The summed E-state index contributed by atoms with van der Waals surface area (Å²) in [5, 5.41) is 17.8. The summed E-state index contributed by atoms with van der Waals surface area (Å²) in [6.45, 7) is 5.38. The molecule has 2 aromatic carbocycles. The highest BCUT2D eigenvalue weighted by atomic mass is 16.2. The largest absolute Gasteiger partial charge is 0.326 e. The number of rotatable bonds is 5. The van der Waals surface area contributed by atoms with Crippen molar-refractivity contribution >= 4 is 23.2 Å². The molecule has 0 saturated carbocycles. The zero-order valence-corrected chi connectivity index (χ0v) is 15.3. The summed E-state index contributed by atoms with van der Waals surface area (Å²) in [7, 11) is 0. The summed E-state index contributed by atoms with van der Waals surface area (Å²) >= 11 is 0. The van der Waals surface area contributed by atoms with Crippen LogP contribution >= 0.6 is 0 Å². The highest BCUT2D eigenvalue weighted by molar-refractivity contribution is 6.04. The van der Waals surface area contributed by atoms with Gasteiger partial charge in [0.1, 0.15) is 0 Å². The lowest BCUT2D eigenvalue weighted by atomic mass is 10.1. The number of tetrazole rings is 1. The van der Waals surface area contributed by atoms with E-state index in [0.717, 1.165) is 5.56 Å². The van der Waals surface area contributed by atoms with Crippen LogP contribution in [0.1, 0.15) is 37.2 Å². The lowest BCUT2D eigenvalue weighted by Crippen LogP contribution is -2.12. The van der Waals surface area contributed by atoms with E-state index in [4.69, 9.17) is 0 Å². The van der Waals surface area contributed by atoms with Gasteiger partial charge < -0.3 is 10.6 Å². The number of amides is 2. The number of anilines is 2. The Morgan fingerprint density at radius 2 is 1.67 bits per heavy atom. The average molecular weight is 364 g/mol. The standard InChI is InChI=1S/C19H20N6O2/c1-12(2)25-23-18(22-24-25)14-7-9-15(10-8-14)19(27)21-17-6-4-5-16(11-17)20-13(3)26/h4-12H,1-3H3,(H,20,26)(H,21,27). The average Bonchev–Trinajstić information content (AvgIpc) is 3.12. The Kier molecular flexibility index (Phi) is 5.25. The summed E-state index contributed by atoms with van der Waals surface area (Å²) in [4.78, 5) is 25.1. The van der Waals surface area contributed by atoms with Crippen LogP contribution in [0.4, 0.5) is 11.4 Å². The molecular weight excluding hydrogens is 344 g/mol. The van der Waals surface area contributed by atoms with E-state index >= 15 is 0 Å². The van der Waals surface area contributed by atoms with Crippen molar-refractivity contribution in [3.63, 3.8) is 0 Å². The maximum absolute atomic E-state index is 12.4. The monoisotopic (exact) mass is 364 g/mol. The van der Waals surface area contributed by atoms with Gasteiger partial charge in [-0.3, -0.25) is 9.59 Å². The quantitative estimate of drug-likeness (QED) is 0.724. The lowest BCUT2D eigenvalue weighted by molar-refractivity contribution is -0.114. The zero-order chi connectivity index (χ0) is 19.4. The molecule has 3 rings (SSSR count). The van der Waals surface area contributed by atoms with Crippen molar-refractivity contribution in [1.29, 1.82) is 0 Å². The molecule has 0 saturated heterocycles.